The number of Topliss-reactive ketones (excluding diaryl/α,β-unsaturated/α-hetero) is 1. The number of hydrogen-bond acceptors (Lipinski definition) is 5. The number of benzene rings is 1. The van der Waals surface area contributed by atoms with E-state index in [1.54, 1.807) is 25.1 Å². The molecule has 5 heteroatoms. The maximum Gasteiger partial charge on any atom is 0.180 e. The van der Waals surface area contributed by atoms with Crippen LogP contribution >= 0.6 is 0 Å². The summed E-state index contributed by atoms with van der Waals surface area (Å²) in [6.45, 7) is 2.81. The summed E-state index contributed by atoms with van der Waals surface area (Å²) in [7, 11) is 4.88. The van der Waals surface area contributed by atoms with Gasteiger partial charge < -0.3 is 14.6 Å². The Bertz CT molecular complexity index is 447. The third-order valence-electron chi connectivity index (χ3n) is 2.95. The lowest BCUT2D eigenvalue weighted by Gasteiger charge is -2.19. The van der Waals surface area contributed by atoms with Crippen molar-refractivity contribution in [2.24, 2.45) is 0 Å². The van der Waals surface area contributed by atoms with Crippen molar-refractivity contribution in [3.8, 4) is 5.75 Å². The number of carbonyl (C=O) groups is 1. The molecule has 1 atom stereocenters. The molecular formula is C15H23NO4. The lowest BCUT2D eigenvalue weighted by atomic mass is 10.1. The molecule has 0 saturated carbocycles. The highest BCUT2D eigenvalue weighted by molar-refractivity contribution is 6.00. The smallest absolute Gasteiger partial charge is 0.180 e. The van der Waals surface area contributed by atoms with Crippen molar-refractivity contribution in [2.75, 3.05) is 41.0 Å². The number of nitrogens with zero attached hydrogens (tertiary/aromatic N) is 1. The molecule has 0 aliphatic carbocycles. The van der Waals surface area contributed by atoms with Crippen LogP contribution in [0.15, 0.2) is 18.2 Å². The molecule has 5 nitrogen and oxygen atoms in total. The van der Waals surface area contributed by atoms with Crippen LogP contribution in [0.5, 0.6) is 5.75 Å². The second kappa shape index (κ2) is 7.99. The maximum atomic E-state index is 12.3. The topological polar surface area (TPSA) is 59.0 Å². The fraction of sp³-hybridized carbons (Fsp3) is 0.533. The number of aliphatic hydroxyl groups excluding tert-OH is 1. The number of aliphatic hydroxyl groups is 1. The molecule has 0 spiro atoms. The van der Waals surface area contributed by atoms with Gasteiger partial charge in [-0.1, -0.05) is 6.07 Å². The third-order valence-corrected chi connectivity index (χ3v) is 2.95. The van der Waals surface area contributed by atoms with E-state index >= 15 is 0 Å². The van der Waals surface area contributed by atoms with Crippen molar-refractivity contribution in [1.82, 2.24) is 4.90 Å². The Balaban J connectivity index is 2.66. The Morgan fingerprint density at radius 3 is 2.70 bits per heavy atom. The fourth-order valence-electron chi connectivity index (χ4n) is 2.03. The monoisotopic (exact) mass is 281 g/mol. The summed E-state index contributed by atoms with van der Waals surface area (Å²) in [4.78, 5) is 14.0. The predicted octanol–water partition coefficient (Wildman–Crippen LogP) is 1.13. The molecule has 0 bridgehead atoms. The van der Waals surface area contributed by atoms with Crippen LogP contribution in [0.1, 0.15) is 15.9 Å². The van der Waals surface area contributed by atoms with Gasteiger partial charge >= 0.3 is 0 Å². The molecule has 0 aliphatic rings. The molecule has 0 radical (unpaired) electrons. The zero-order chi connectivity index (χ0) is 15.1. The summed E-state index contributed by atoms with van der Waals surface area (Å²) in [5, 5.41) is 9.64. The second-order valence-electron chi connectivity index (χ2n) is 4.93. The van der Waals surface area contributed by atoms with E-state index in [1.807, 2.05) is 19.1 Å². The quantitative estimate of drug-likeness (QED) is 0.724. The molecule has 0 amide bonds. The van der Waals surface area contributed by atoms with Gasteiger partial charge in [0.05, 0.1) is 31.9 Å². The summed E-state index contributed by atoms with van der Waals surface area (Å²) >= 11 is 0. The highest BCUT2D eigenvalue weighted by atomic mass is 16.5. The van der Waals surface area contributed by atoms with Gasteiger partial charge in [-0.25, -0.2) is 0 Å². The van der Waals surface area contributed by atoms with Crippen LogP contribution in [0.3, 0.4) is 0 Å². The Kier molecular flexibility index (Phi) is 6.64. The van der Waals surface area contributed by atoms with Crippen molar-refractivity contribution >= 4 is 5.78 Å². The Labute approximate surface area is 120 Å². The van der Waals surface area contributed by atoms with Crippen molar-refractivity contribution in [3.63, 3.8) is 0 Å². The minimum Gasteiger partial charge on any atom is -0.496 e. The van der Waals surface area contributed by atoms with Crippen molar-refractivity contribution in [2.45, 2.75) is 13.0 Å². The van der Waals surface area contributed by atoms with Gasteiger partial charge in [0.2, 0.25) is 0 Å². The first-order valence-corrected chi connectivity index (χ1v) is 6.51. The minimum atomic E-state index is -0.599. The summed E-state index contributed by atoms with van der Waals surface area (Å²) < 4.78 is 10.1. The first-order chi connectivity index (χ1) is 9.47. The molecule has 0 aliphatic heterocycles. The molecule has 1 rings (SSSR count). The highest BCUT2D eigenvalue weighted by Crippen LogP contribution is 2.20. The van der Waals surface area contributed by atoms with Crippen LogP contribution < -0.4 is 4.74 Å². The van der Waals surface area contributed by atoms with Crippen LogP contribution in [-0.2, 0) is 4.74 Å². The van der Waals surface area contributed by atoms with Crippen LogP contribution in [0.4, 0.5) is 0 Å². The van der Waals surface area contributed by atoms with E-state index in [-0.39, 0.29) is 18.9 Å². The molecular weight excluding hydrogens is 258 g/mol. The number of methoxy groups -OCH3 is 2. The molecule has 1 aromatic rings. The van der Waals surface area contributed by atoms with E-state index < -0.39 is 6.10 Å². The summed E-state index contributed by atoms with van der Waals surface area (Å²) in [6, 6.07) is 5.50. The first kappa shape index (κ1) is 16.6. The van der Waals surface area contributed by atoms with Crippen LogP contribution in [-0.4, -0.2) is 62.9 Å². The van der Waals surface area contributed by atoms with E-state index in [0.29, 0.717) is 17.9 Å². The molecule has 112 valence electrons. The molecule has 1 aromatic carbocycles. The number of ether oxygens (including phenoxy) is 2. The average molecular weight is 281 g/mol. The van der Waals surface area contributed by atoms with Gasteiger partial charge in [-0.15, -0.1) is 0 Å². The number of hydrogen-bond donors (Lipinski definition) is 1. The van der Waals surface area contributed by atoms with Gasteiger partial charge in [-0.05, 0) is 31.7 Å². The SMILES string of the molecule is COCC(O)CN(C)CC(=O)c1ccc(C)cc1OC. The standard InChI is InChI=1S/C15H23NO4/c1-11-5-6-13(15(7-11)20-4)14(18)9-16(2)8-12(17)10-19-3/h5-7,12,17H,8-10H2,1-4H3. The van der Waals surface area contributed by atoms with E-state index in [2.05, 4.69) is 0 Å². The number of likely N-dealkylation sites (N-methyl/N-ethyl adjacent to an activating group) is 1. The van der Waals surface area contributed by atoms with Crippen LogP contribution in [0.25, 0.3) is 0 Å². The van der Waals surface area contributed by atoms with Crippen molar-refractivity contribution < 1.29 is 19.4 Å². The highest BCUT2D eigenvalue weighted by Gasteiger charge is 2.16. The Morgan fingerprint density at radius 1 is 1.40 bits per heavy atom. The lowest BCUT2D eigenvalue weighted by Crippen LogP contribution is -2.35. The van der Waals surface area contributed by atoms with Gasteiger partial charge in [0.15, 0.2) is 5.78 Å². The van der Waals surface area contributed by atoms with Crippen molar-refractivity contribution in [3.05, 3.63) is 29.3 Å². The molecule has 20 heavy (non-hydrogen) atoms. The zero-order valence-corrected chi connectivity index (χ0v) is 12.5. The molecule has 0 saturated heterocycles. The van der Waals surface area contributed by atoms with E-state index in [9.17, 15) is 9.90 Å². The number of ketones is 1. The van der Waals surface area contributed by atoms with E-state index in [4.69, 9.17) is 9.47 Å². The summed E-state index contributed by atoms with van der Waals surface area (Å²) in [5.41, 5.74) is 1.61. The number of rotatable bonds is 8. The molecule has 1 unspecified atom stereocenters. The van der Waals surface area contributed by atoms with Crippen molar-refractivity contribution in [1.29, 1.82) is 0 Å². The normalized spacial score (nSPS) is 12.5. The number of aryl methyl sites for hydroxylation is 1. The third kappa shape index (κ3) is 4.92. The Morgan fingerprint density at radius 2 is 2.10 bits per heavy atom. The van der Waals surface area contributed by atoms with Gasteiger partial charge in [0.25, 0.3) is 0 Å². The lowest BCUT2D eigenvalue weighted by molar-refractivity contribution is 0.0427. The average Bonchev–Trinajstić information content (AvgIpc) is 2.38. The predicted molar refractivity (Wildman–Crippen MR) is 77.4 cm³/mol. The van der Waals surface area contributed by atoms with Crippen LogP contribution in [0, 0.1) is 6.92 Å². The second-order valence-corrected chi connectivity index (χ2v) is 4.93. The van der Waals surface area contributed by atoms with Gasteiger partial charge in [0, 0.05) is 13.7 Å². The van der Waals surface area contributed by atoms with Gasteiger partial charge in [0.1, 0.15) is 5.75 Å². The molecule has 0 aromatic heterocycles. The van der Waals surface area contributed by atoms with E-state index in [1.165, 1.54) is 7.11 Å². The van der Waals surface area contributed by atoms with Crippen LogP contribution in [0.2, 0.25) is 0 Å². The summed E-state index contributed by atoms with van der Waals surface area (Å²) in [6.07, 6.45) is -0.599. The Hall–Kier alpha value is -1.43. The zero-order valence-electron chi connectivity index (χ0n) is 12.5. The molecule has 1 N–H and O–H groups in total. The first-order valence-electron chi connectivity index (χ1n) is 6.51. The minimum absolute atomic E-state index is 0.0334. The van der Waals surface area contributed by atoms with E-state index in [0.717, 1.165) is 5.56 Å². The van der Waals surface area contributed by atoms with Gasteiger partial charge in [-0.3, -0.25) is 9.69 Å². The summed E-state index contributed by atoms with van der Waals surface area (Å²) in [5.74, 6) is 0.551. The molecule has 0 fully saturated rings. The number of carbonyl (C=O) groups excluding carboxylic acids is 1. The fourth-order valence-corrected chi connectivity index (χ4v) is 2.03. The largest absolute Gasteiger partial charge is 0.496 e. The van der Waals surface area contributed by atoms with Gasteiger partial charge in [-0.2, -0.15) is 0 Å². The maximum absolute atomic E-state index is 12.3. The molecule has 0 heterocycles.